The first-order valence-corrected chi connectivity index (χ1v) is 28.3. The Morgan fingerprint density at radius 2 is 0.731 bits per heavy atom. The SMILES string of the molecule is CC(C)c1cc2ccc(C(C)C)c3c4ccc5c6c(-c7ccccc7)c7cc8c(cc7c(-c7ccccc7)c6c6ccc(c(c1)c23)c4c65)c1ccc2c3cccc4c(-c5ccccc5C(C)(C)C)ccc(c5ccc8c1c25)c43. The highest BCUT2D eigenvalue weighted by molar-refractivity contribution is 6.48. The van der Waals surface area contributed by atoms with E-state index in [9.17, 15) is 0 Å². The second-order valence-electron chi connectivity index (χ2n) is 24.5. The smallest absolute Gasteiger partial charge is 0.000740 e. The molecule has 0 saturated carbocycles. The van der Waals surface area contributed by atoms with Gasteiger partial charge in [0, 0.05) is 0 Å². The minimum Gasteiger partial charge on any atom is -0.0622 e. The van der Waals surface area contributed by atoms with E-state index in [1.165, 1.54) is 190 Å². The van der Waals surface area contributed by atoms with E-state index in [1.807, 2.05) is 0 Å². The Hall–Kier alpha value is -8.84. The number of benzene rings is 15. The summed E-state index contributed by atoms with van der Waals surface area (Å²) in [6.45, 7) is 16.4. The van der Waals surface area contributed by atoms with Gasteiger partial charge in [0.1, 0.15) is 0 Å². The van der Waals surface area contributed by atoms with Crippen molar-refractivity contribution in [1.82, 2.24) is 0 Å². The van der Waals surface area contributed by atoms with Crippen LogP contribution in [0.5, 0.6) is 0 Å². The zero-order valence-corrected chi connectivity index (χ0v) is 45.2. The van der Waals surface area contributed by atoms with Crippen LogP contribution in [0, 0.1) is 0 Å². The molecule has 0 nitrogen and oxygen atoms in total. The topological polar surface area (TPSA) is 0 Å². The molecular formula is C78H56. The molecule has 0 radical (unpaired) electrons. The molecule has 0 spiro atoms. The normalized spacial score (nSPS) is 13.0. The highest BCUT2D eigenvalue weighted by Gasteiger charge is 2.29. The van der Waals surface area contributed by atoms with Crippen LogP contribution in [0.3, 0.4) is 0 Å². The van der Waals surface area contributed by atoms with Crippen LogP contribution in [0.4, 0.5) is 0 Å². The summed E-state index contributed by atoms with van der Waals surface area (Å²) in [5, 5.41) is 35.0. The van der Waals surface area contributed by atoms with E-state index in [2.05, 4.69) is 249 Å². The first-order valence-electron chi connectivity index (χ1n) is 28.3. The van der Waals surface area contributed by atoms with Gasteiger partial charge in [-0.2, -0.15) is 0 Å². The highest BCUT2D eigenvalue weighted by atomic mass is 14.3. The molecule has 0 amide bonds. The van der Waals surface area contributed by atoms with Gasteiger partial charge in [-0.25, -0.2) is 0 Å². The molecule has 0 aromatic heterocycles. The van der Waals surface area contributed by atoms with Gasteiger partial charge >= 0.3 is 0 Å². The highest BCUT2D eigenvalue weighted by Crippen LogP contribution is 2.57. The second-order valence-corrected chi connectivity index (χ2v) is 24.5. The van der Waals surface area contributed by atoms with Gasteiger partial charge in [-0.1, -0.05) is 237 Å². The third kappa shape index (κ3) is 5.65. The molecule has 0 aliphatic heterocycles. The van der Waals surface area contributed by atoms with E-state index in [0.29, 0.717) is 11.8 Å². The molecule has 17 rings (SSSR count). The predicted octanol–water partition coefficient (Wildman–Crippen LogP) is 23.0. The van der Waals surface area contributed by atoms with Crippen LogP contribution < -0.4 is 0 Å². The van der Waals surface area contributed by atoms with Crippen molar-refractivity contribution in [1.29, 1.82) is 0 Å². The predicted molar refractivity (Wildman–Crippen MR) is 342 cm³/mol. The average Bonchev–Trinajstić information content (AvgIpc) is 2.48. The molecule has 0 heteroatoms. The molecule has 0 fully saturated rings. The summed E-state index contributed by atoms with van der Waals surface area (Å²) in [6, 6.07) is 78.2. The van der Waals surface area contributed by atoms with Crippen LogP contribution in [0.15, 0.2) is 200 Å². The van der Waals surface area contributed by atoms with Gasteiger partial charge in [0.25, 0.3) is 0 Å². The van der Waals surface area contributed by atoms with Crippen molar-refractivity contribution in [3.8, 4) is 33.4 Å². The summed E-state index contributed by atoms with van der Waals surface area (Å²) in [5.41, 5.74) is 11.9. The van der Waals surface area contributed by atoms with E-state index in [-0.39, 0.29) is 5.41 Å². The summed E-state index contributed by atoms with van der Waals surface area (Å²) >= 11 is 0. The maximum Gasteiger partial charge on any atom is -0.000740 e. The van der Waals surface area contributed by atoms with Gasteiger partial charge in [-0.3, -0.25) is 0 Å². The fraction of sp³-hybridized carbons (Fsp3) is 0.128. The lowest BCUT2D eigenvalue weighted by Crippen LogP contribution is -2.12. The lowest BCUT2D eigenvalue weighted by atomic mass is 9.80. The third-order valence-electron chi connectivity index (χ3n) is 18.7. The Labute approximate surface area is 453 Å². The van der Waals surface area contributed by atoms with Crippen molar-refractivity contribution in [3.63, 3.8) is 0 Å². The molecule has 0 saturated heterocycles. The van der Waals surface area contributed by atoms with Gasteiger partial charge in [-0.15, -0.1) is 0 Å². The van der Waals surface area contributed by atoms with Gasteiger partial charge in [0.2, 0.25) is 0 Å². The molecule has 0 aliphatic carbocycles. The van der Waals surface area contributed by atoms with Crippen LogP contribution in [-0.4, -0.2) is 0 Å². The summed E-state index contributed by atoms with van der Waals surface area (Å²) < 4.78 is 0. The van der Waals surface area contributed by atoms with E-state index >= 15 is 0 Å². The summed E-state index contributed by atoms with van der Waals surface area (Å²) in [4.78, 5) is 0. The summed E-state index contributed by atoms with van der Waals surface area (Å²) in [7, 11) is 0. The van der Waals surface area contributed by atoms with Crippen molar-refractivity contribution in [3.05, 3.63) is 217 Å². The van der Waals surface area contributed by atoms with E-state index in [1.54, 1.807) is 0 Å². The second kappa shape index (κ2) is 15.4. The Bertz CT molecular complexity index is 5210. The van der Waals surface area contributed by atoms with Crippen LogP contribution in [0.25, 0.3) is 173 Å². The minimum absolute atomic E-state index is 0.0121. The molecule has 0 aliphatic rings. The van der Waals surface area contributed by atoms with Crippen molar-refractivity contribution in [2.75, 3.05) is 0 Å². The van der Waals surface area contributed by atoms with E-state index in [0.717, 1.165) is 0 Å². The maximum absolute atomic E-state index is 2.59. The monoisotopic (exact) mass is 992 g/mol. The molecule has 0 atom stereocenters. The molecular weight excluding hydrogens is 937 g/mol. The molecule has 0 unspecified atom stereocenters. The first kappa shape index (κ1) is 44.3. The van der Waals surface area contributed by atoms with Gasteiger partial charge in [0.05, 0.1) is 0 Å². The maximum atomic E-state index is 2.59. The molecule has 17 aromatic rings. The van der Waals surface area contributed by atoms with Crippen LogP contribution >= 0.6 is 0 Å². The standard InChI is InChI=1S/C78H56/c1-41(2)46-37-45-25-26-47(42(3)4)71-58-35-36-60-75-59(34-33-57(74(58)75)63(38-46)69(45)71)76-67(43-17-10-8-11-18-43)64-39-61-55-31-29-53-51-23-16-22-50-48(49-21-14-15-24-66(49)78(5,6)7)27-28-52(70(50)51)54-30-32-56(73(55)72(53)54)62(61)40-65(64)68(77(60)76)44-19-12-9-13-20-44/h8-42H,1-7H3. The fourth-order valence-electron chi connectivity index (χ4n) is 15.3. The van der Waals surface area contributed by atoms with Crippen molar-refractivity contribution < 1.29 is 0 Å². The molecule has 17 aromatic carbocycles. The summed E-state index contributed by atoms with van der Waals surface area (Å²) in [6.07, 6.45) is 0. The molecule has 368 valence electrons. The zero-order valence-electron chi connectivity index (χ0n) is 45.2. The third-order valence-corrected chi connectivity index (χ3v) is 18.7. The number of hydrogen-bond donors (Lipinski definition) is 0. The summed E-state index contributed by atoms with van der Waals surface area (Å²) in [5.74, 6) is 0.794. The Kier molecular flexibility index (Phi) is 8.76. The number of hydrogen-bond acceptors (Lipinski definition) is 0. The number of rotatable bonds is 5. The molecule has 78 heavy (non-hydrogen) atoms. The zero-order chi connectivity index (χ0) is 52.2. The lowest BCUT2D eigenvalue weighted by molar-refractivity contribution is 0.592. The first-order chi connectivity index (χ1) is 38.0. The molecule has 0 N–H and O–H groups in total. The van der Waals surface area contributed by atoms with Gasteiger partial charge < -0.3 is 0 Å². The van der Waals surface area contributed by atoms with Crippen molar-refractivity contribution in [2.24, 2.45) is 0 Å². The molecule has 0 bridgehead atoms. The van der Waals surface area contributed by atoms with Gasteiger partial charge in [0.15, 0.2) is 0 Å². The van der Waals surface area contributed by atoms with Crippen molar-refractivity contribution in [2.45, 2.75) is 65.7 Å². The number of fused-ring (bicyclic) bond motifs is 11. The molecule has 0 heterocycles. The quantitative estimate of drug-likeness (QED) is 0.119. The minimum atomic E-state index is 0.0121. The van der Waals surface area contributed by atoms with Crippen molar-refractivity contribution >= 4 is 140 Å². The van der Waals surface area contributed by atoms with Crippen LogP contribution in [-0.2, 0) is 5.41 Å². The Morgan fingerprint density at radius 3 is 1.31 bits per heavy atom. The van der Waals surface area contributed by atoms with Crippen LogP contribution in [0.2, 0.25) is 0 Å². The van der Waals surface area contributed by atoms with E-state index < -0.39 is 0 Å². The van der Waals surface area contributed by atoms with Crippen LogP contribution in [0.1, 0.15) is 77.0 Å². The fourth-order valence-corrected chi connectivity index (χ4v) is 15.3. The Balaban J connectivity index is 1.03. The lowest BCUT2D eigenvalue weighted by Gasteiger charge is -2.24. The Morgan fingerprint density at radius 1 is 0.269 bits per heavy atom. The van der Waals surface area contributed by atoms with Gasteiger partial charge in [-0.05, 0) is 219 Å². The average molecular weight is 993 g/mol. The van der Waals surface area contributed by atoms with E-state index in [4.69, 9.17) is 0 Å². The largest absolute Gasteiger partial charge is 0.0622 e.